The number of hydrogen-bond donors (Lipinski definition) is 1. The summed E-state index contributed by atoms with van der Waals surface area (Å²) in [6, 6.07) is 14.8. The van der Waals surface area contributed by atoms with Gasteiger partial charge in [0.25, 0.3) is 5.91 Å². The first-order valence-corrected chi connectivity index (χ1v) is 5.80. The topological polar surface area (TPSA) is 29.1 Å². The molecule has 0 aromatic heterocycles. The van der Waals surface area contributed by atoms with Gasteiger partial charge in [-0.05, 0) is 29.8 Å². The molecule has 4 heteroatoms. The molecule has 2 nitrogen and oxygen atoms in total. The van der Waals surface area contributed by atoms with E-state index < -0.39 is 12.1 Å². The predicted octanol–water partition coefficient (Wildman–Crippen LogP) is 3.99. The lowest BCUT2D eigenvalue weighted by Gasteiger charge is -2.09. The molecule has 0 radical (unpaired) electrons. The normalized spacial score (nSPS) is 11.9. The van der Waals surface area contributed by atoms with Gasteiger partial charge in [0.1, 0.15) is 0 Å². The highest BCUT2D eigenvalue weighted by molar-refractivity contribution is 6.30. The lowest BCUT2D eigenvalue weighted by atomic mass is 10.1. The molecule has 2 aromatic carbocycles. The Morgan fingerprint density at radius 1 is 1.06 bits per heavy atom. The maximum atomic E-state index is 13.9. The molecular weight excluding hydrogens is 253 g/mol. The SMILES string of the molecule is O=C(Nc1ccc(Cl)cc1)C(F)c1ccccc1. The van der Waals surface area contributed by atoms with Crippen LogP contribution in [0.3, 0.4) is 0 Å². The van der Waals surface area contributed by atoms with Crippen LogP contribution in [-0.2, 0) is 4.79 Å². The molecule has 0 saturated carbocycles. The fourth-order valence-corrected chi connectivity index (χ4v) is 1.64. The van der Waals surface area contributed by atoms with Gasteiger partial charge in [0.2, 0.25) is 6.17 Å². The minimum Gasteiger partial charge on any atom is -0.323 e. The second-order valence-electron chi connectivity index (χ2n) is 3.77. The monoisotopic (exact) mass is 263 g/mol. The van der Waals surface area contributed by atoms with Crippen LogP contribution in [0.4, 0.5) is 10.1 Å². The Labute approximate surface area is 109 Å². The molecule has 18 heavy (non-hydrogen) atoms. The summed E-state index contributed by atoms with van der Waals surface area (Å²) in [6.07, 6.45) is -1.68. The maximum Gasteiger partial charge on any atom is 0.263 e. The number of anilines is 1. The van der Waals surface area contributed by atoms with Crippen LogP contribution in [0.2, 0.25) is 5.02 Å². The Bertz CT molecular complexity index is 527. The van der Waals surface area contributed by atoms with Crippen LogP contribution in [0.25, 0.3) is 0 Å². The standard InChI is InChI=1S/C14H11ClFNO/c15-11-6-8-12(9-7-11)17-14(18)13(16)10-4-2-1-3-5-10/h1-9,13H,(H,17,18). The highest BCUT2D eigenvalue weighted by Gasteiger charge is 2.19. The summed E-state index contributed by atoms with van der Waals surface area (Å²) in [5.74, 6) is -0.691. The lowest BCUT2D eigenvalue weighted by Crippen LogP contribution is -2.17. The molecule has 2 rings (SSSR count). The molecule has 0 aliphatic rings. The van der Waals surface area contributed by atoms with Gasteiger partial charge in [-0.1, -0.05) is 41.9 Å². The number of halogens is 2. The molecule has 1 unspecified atom stereocenters. The number of amides is 1. The average molecular weight is 264 g/mol. The predicted molar refractivity (Wildman–Crippen MR) is 70.4 cm³/mol. The van der Waals surface area contributed by atoms with Crippen molar-refractivity contribution in [1.29, 1.82) is 0 Å². The second-order valence-corrected chi connectivity index (χ2v) is 4.21. The largest absolute Gasteiger partial charge is 0.323 e. The lowest BCUT2D eigenvalue weighted by molar-refractivity contribution is -0.121. The van der Waals surface area contributed by atoms with E-state index in [1.54, 1.807) is 54.6 Å². The van der Waals surface area contributed by atoms with Gasteiger partial charge in [0.05, 0.1) is 0 Å². The fraction of sp³-hybridized carbons (Fsp3) is 0.0714. The van der Waals surface area contributed by atoms with Crippen molar-refractivity contribution in [2.75, 3.05) is 5.32 Å². The van der Waals surface area contributed by atoms with Crippen molar-refractivity contribution in [2.24, 2.45) is 0 Å². The number of rotatable bonds is 3. The number of nitrogens with one attached hydrogen (secondary N) is 1. The van der Waals surface area contributed by atoms with Crippen LogP contribution in [0, 0.1) is 0 Å². The summed E-state index contributed by atoms with van der Waals surface area (Å²) < 4.78 is 13.9. The minimum atomic E-state index is -1.68. The molecule has 0 aliphatic carbocycles. The van der Waals surface area contributed by atoms with Crippen molar-refractivity contribution in [1.82, 2.24) is 0 Å². The van der Waals surface area contributed by atoms with Crippen LogP contribution in [-0.4, -0.2) is 5.91 Å². The Kier molecular flexibility index (Phi) is 3.95. The molecule has 1 N–H and O–H groups in total. The Morgan fingerprint density at radius 3 is 2.28 bits per heavy atom. The zero-order chi connectivity index (χ0) is 13.0. The van der Waals surface area contributed by atoms with E-state index in [9.17, 15) is 9.18 Å². The molecular formula is C14H11ClFNO. The summed E-state index contributed by atoms with van der Waals surface area (Å²) in [5.41, 5.74) is 0.854. The fourth-order valence-electron chi connectivity index (χ4n) is 1.51. The van der Waals surface area contributed by atoms with E-state index in [2.05, 4.69) is 5.32 Å². The van der Waals surface area contributed by atoms with Gasteiger partial charge in [-0.2, -0.15) is 0 Å². The van der Waals surface area contributed by atoms with E-state index in [0.29, 0.717) is 16.3 Å². The second kappa shape index (κ2) is 5.65. The smallest absolute Gasteiger partial charge is 0.263 e. The maximum absolute atomic E-state index is 13.9. The van der Waals surface area contributed by atoms with Gasteiger partial charge in [-0.25, -0.2) is 4.39 Å². The third kappa shape index (κ3) is 3.08. The first-order chi connectivity index (χ1) is 8.66. The summed E-state index contributed by atoms with van der Waals surface area (Å²) in [6.45, 7) is 0. The Balaban J connectivity index is 2.06. The third-order valence-corrected chi connectivity index (χ3v) is 2.69. The molecule has 0 spiro atoms. The van der Waals surface area contributed by atoms with Gasteiger partial charge in [0, 0.05) is 10.7 Å². The molecule has 1 amide bonds. The molecule has 0 bridgehead atoms. The molecule has 0 fully saturated rings. The summed E-state index contributed by atoms with van der Waals surface area (Å²) in [5, 5.41) is 3.06. The van der Waals surface area contributed by atoms with Crippen molar-refractivity contribution < 1.29 is 9.18 Å². The van der Waals surface area contributed by atoms with Crippen LogP contribution in [0.5, 0.6) is 0 Å². The summed E-state index contributed by atoms with van der Waals surface area (Å²) >= 11 is 5.72. The van der Waals surface area contributed by atoms with E-state index in [-0.39, 0.29) is 0 Å². The first kappa shape index (κ1) is 12.6. The Hall–Kier alpha value is -1.87. The van der Waals surface area contributed by atoms with E-state index in [0.717, 1.165) is 0 Å². The highest BCUT2D eigenvalue weighted by Crippen LogP contribution is 2.20. The van der Waals surface area contributed by atoms with Gasteiger partial charge in [-0.3, -0.25) is 4.79 Å². The van der Waals surface area contributed by atoms with Crippen molar-refractivity contribution in [3.05, 3.63) is 65.2 Å². The van der Waals surface area contributed by atoms with Crippen molar-refractivity contribution >= 4 is 23.2 Å². The van der Waals surface area contributed by atoms with Crippen molar-refractivity contribution in [2.45, 2.75) is 6.17 Å². The van der Waals surface area contributed by atoms with Gasteiger partial charge in [-0.15, -0.1) is 0 Å². The Morgan fingerprint density at radius 2 is 1.67 bits per heavy atom. The van der Waals surface area contributed by atoms with Crippen LogP contribution >= 0.6 is 11.6 Å². The van der Waals surface area contributed by atoms with Gasteiger partial charge >= 0.3 is 0 Å². The van der Waals surface area contributed by atoms with E-state index in [1.807, 2.05) is 0 Å². The number of benzene rings is 2. The number of alkyl halides is 1. The number of hydrogen-bond acceptors (Lipinski definition) is 1. The van der Waals surface area contributed by atoms with E-state index in [1.165, 1.54) is 0 Å². The molecule has 1 atom stereocenters. The van der Waals surface area contributed by atoms with Crippen molar-refractivity contribution in [3.63, 3.8) is 0 Å². The summed E-state index contributed by atoms with van der Waals surface area (Å²) in [7, 11) is 0. The third-order valence-electron chi connectivity index (χ3n) is 2.43. The van der Waals surface area contributed by atoms with Crippen LogP contribution < -0.4 is 5.32 Å². The van der Waals surface area contributed by atoms with Gasteiger partial charge in [0.15, 0.2) is 0 Å². The number of carbonyl (C=O) groups excluding carboxylic acids is 1. The quantitative estimate of drug-likeness (QED) is 0.891. The van der Waals surface area contributed by atoms with Gasteiger partial charge < -0.3 is 5.32 Å². The van der Waals surface area contributed by atoms with Crippen LogP contribution in [0.1, 0.15) is 11.7 Å². The molecule has 0 aliphatic heterocycles. The average Bonchev–Trinajstić information content (AvgIpc) is 2.41. The van der Waals surface area contributed by atoms with Crippen LogP contribution in [0.15, 0.2) is 54.6 Å². The van der Waals surface area contributed by atoms with E-state index in [4.69, 9.17) is 11.6 Å². The van der Waals surface area contributed by atoms with Crippen molar-refractivity contribution in [3.8, 4) is 0 Å². The first-order valence-electron chi connectivity index (χ1n) is 5.42. The molecule has 0 heterocycles. The highest BCUT2D eigenvalue weighted by atomic mass is 35.5. The minimum absolute atomic E-state index is 0.337. The number of carbonyl (C=O) groups is 1. The zero-order valence-corrected chi connectivity index (χ0v) is 10.2. The molecule has 2 aromatic rings. The van der Waals surface area contributed by atoms with E-state index >= 15 is 0 Å². The zero-order valence-electron chi connectivity index (χ0n) is 9.44. The molecule has 0 saturated heterocycles. The summed E-state index contributed by atoms with van der Waals surface area (Å²) in [4.78, 5) is 11.7. The molecule has 92 valence electrons.